The number of hydrogen-bond acceptors (Lipinski definition) is 0. The molecule has 2 aromatic rings. The summed E-state index contributed by atoms with van der Waals surface area (Å²) in [6.07, 6.45) is 14.1. The molecule has 0 aliphatic carbocycles. The molecule has 1 aromatic carbocycles. The van der Waals surface area contributed by atoms with E-state index in [1.165, 1.54) is 87.3 Å². The van der Waals surface area contributed by atoms with Crippen LogP contribution in [0.3, 0.4) is 0 Å². The molecule has 0 spiro atoms. The number of rotatable bonds is 11. The third-order valence-electron chi connectivity index (χ3n) is 4.75. The summed E-state index contributed by atoms with van der Waals surface area (Å²) in [5.41, 5.74) is 2.80. The van der Waals surface area contributed by atoms with Crippen molar-refractivity contribution in [2.75, 3.05) is 0 Å². The molecule has 0 radical (unpaired) electrons. The standard InChI is InChI=1S/C21H33N/c1-3-4-5-6-7-8-9-10-11-14-17-22-19(2)18-20-15-12-13-16-21(20)22/h12-13,15-16,18H,3-11,14,17H2,1-2H3. The highest BCUT2D eigenvalue weighted by atomic mass is 15.0. The Bertz CT molecular complexity index is 538. The van der Waals surface area contributed by atoms with E-state index in [2.05, 4.69) is 48.7 Å². The topological polar surface area (TPSA) is 4.93 Å². The third-order valence-corrected chi connectivity index (χ3v) is 4.75. The number of aromatic nitrogens is 1. The first kappa shape index (κ1) is 17.1. The Hall–Kier alpha value is -1.24. The van der Waals surface area contributed by atoms with Gasteiger partial charge in [-0.1, -0.05) is 82.9 Å². The van der Waals surface area contributed by atoms with Crippen molar-refractivity contribution in [1.29, 1.82) is 0 Å². The van der Waals surface area contributed by atoms with Crippen LogP contribution >= 0.6 is 0 Å². The Labute approximate surface area is 136 Å². The molecule has 22 heavy (non-hydrogen) atoms. The molecule has 1 heteroatoms. The largest absolute Gasteiger partial charge is 0.345 e. The number of benzene rings is 1. The summed E-state index contributed by atoms with van der Waals surface area (Å²) in [5.74, 6) is 0. The number of para-hydroxylation sites is 1. The molecule has 0 atom stereocenters. The van der Waals surface area contributed by atoms with E-state index in [4.69, 9.17) is 0 Å². The van der Waals surface area contributed by atoms with E-state index in [9.17, 15) is 0 Å². The van der Waals surface area contributed by atoms with Gasteiger partial charge in [0.15, 0.2) is 0 Å². The highest BCUT2D eigenvalue weighted by molar-refractivity contribution is 5.81. The molecule has 1 heterocycles. The molecule has 122 valence electrons. The average Bonchev–Trinajstić information content (AvgIpc) is 2.85. The van der Waals surface area contributed by atoms with E-state index >= 15 is 0 Å². The van der Waals surface area contributed by atoms with Gasteiger partial charge in [-0.25, -0.2) is 0 Å². The van der Waals surface area contributed by atoms with Crippen molar-refractivity contribution < 1.29 is 0 Å². The fraction of sp³-hybridized carbons (Fsp3) is 0.619. The second-order valence-corrected chi connectivity index (χ2v) is 6.68. The van der Waals surface area contributed by atoms with Crippen LogP contribution in [0.2, 0.25) is 0 Å². The first-order valence-electron chi connectivity index (χ1n) is 9.38. The molecular formula is C21H33N. The molecule has 2 rings (SSSR count). The summed E-state index contributed by atoms with van der Waals surface area (Å²) in [7, 11) is 0. The van der Waals surface area contributed by atoms with Gasteiger partial charge in [0.2, 0.25) is 0 Å². The number of aryl methyl sites for hydroxylation is 2. The van der Waals surface area contributed by atoms with Gasteiger partial charge in [-0.05, 0) is 30.9 Å². The number of unbranched alkanes of at least 4 members (excludes halogenated alkanes) is 9. The SMILES string of the molecule is CCCCCCCCCCCCn1c(C)cc2ccccc21. The Morgan fingerprint density at radius 1 is 0.773 bits per heavy atom. The molecular weight excluding hydrogens is 266 g/mol. The van der Waals surface area contributed by atoms with Crippen molar-refractivity contribution in [1.82, 2.24) is 4.57 Å². The maximum Gasteiger partial charge on any atom is 0.0482 e. The molecule has 0 bridgehead atoms. The first-order valence-corrected chi connectivity index (χ1v) is 9.38. The maximum absolute atomic E-state index is 2.49. The molecule has 0 aliphatic heterocycles. The number of fused-ring (bicyclic) bond motifs is 1. The minimum atomic E-state index is 1.18. The van der Waals surface area contributed by atoms with Gasteiger partial charge < -0.3 is 4.57 Å². The van der Waals surface area contributed by atoms with Crippen LogP contribution in [-0.2, 0) is 6.54 Å². The Morgan fingerprint density at radius 3 is 2.05 bits per heavy atom. The Kier molecular flexibility index (Phi) is 7.56. The molecule has 0 aliphatic rings. The minimum Gasteiger partial charge on any atom is -0.345 e. The fourth-order valence-corrected chi connectivity index (χ4v) is 3.40. The van der Waals surface area contributed by atoms with Crippen molar-refractivity contribution in [3.8, 4) is 0 Å². The lowest BCUT2D eigenvalue weighted by Crippen LogP contribution is -1.99. The van der Waals surface area contributed by atoms with Gasteiger partial charge in [-0.15, -0.1) is 0 Å². The van der Waals surface area contributed by atoms with E-state index in [1.807, 2.05) is 0 Å². The molecule has 0 amide bonds. The van der Waals surface area contributed by atoms with E-state index in [0.29, 0.717) is 0 Å². The second kappa shape index (κ2) is 9.71. The summed E-state index contributed by atoms with van der Waals surface area (Å²) < 4.78 is 2.49. The summed E-state index contributed by atoms with van der Waals surface area (Å²) in [4.78, 5) is 0. The lowest BCUT2D eigenvalue weighted by Gasteiger charge is -2.08. The van der Waals surface area contributed by atoms with Crippen molar-refractivity contribution in [3.63, 3.8) is 0 Å². The molecule has 0 N–H and O–H groups in total. The molecule has 1 nitrogen and oxygen atoms in total. The molecule has 1 aromatic heterocycles. The molecule has 0 saturated carbocycles. The van der Waals surface area contributed by atoms with Crippen molar-refractivity contribution >= 4 is 10.9 Å². The predicted molar refractivity (Wildman–Crippen MR) is 98.5 cm³/mol. The van der Waals surface area contributed by atoms with Crippen LogP contribution in [-0.4, -0.2) is 4.57 Å². The van der Waals surface area contributed by atoms with Crippen LogP contribution in [0.4, 0.5) is 0 Å². The highest BCUT2D eigenvalue weighted by Crippen LogP contribution is 2.20. The van der Waals surface area contributed by atoms with E-state index in [0.717, 1.165) is 0 Å². The summed E-state index contributed by atoms with van der Waals surface area (Å²) in [6.45, 7) is 5.70. The van der Waals surface area contributed by atoms with Crippen LogP contribution in [0, 0.1) is 6.92 Å². The average molecular weight is 300 g/mol. The normalized spacial score (nSPS) is 11.4. The van der Waals surface area contributed by atoms with E-state index < -0.39 is 0 Å². The quantitative estimate of drug-likeness (QED) is 0.399. The monoisotopic (exact) mass is 299 g/mol. The van der Waals surface area contributed by atoms with E-state index in [-0.39, 0.29) is 0 Å². The number of nitrogens with zero attached hydrogens (tertiary/aromatic N) is 1. The van der Waals surface area contributed by atoms with Crippen LogP contribution in [0.5, 0.6) is 0 Å². The highest BCUT2D eigenvalue weighted by Gasteiger charge is 2.04. The van der Waals surface area contributed by atoms with Gasteiger partial charge in [-0.3, -0.25) is 0 Å². The van der Waals surface area contributed by atoms with Crippen LogP contribution < -0.4 is 0 Å². The van der Waals surface area contributed by atoms with Crippen molar-refractivity contribution in [2.24, 2.45) is 0 Å². The second-order valence-electron chi connectivity index (χ2n) is 6.68. The van der Waals surface area contributed by atoms with Crippen molar-refractivity contribution in [3.05, 3.63) is 36.0 Å². The van der Waals surface area contributed by atoms with Gasteiger partial charge in [0, 0.05) is 17.8 Å². The zero-order chi connectivity index (χ0) is 15.6. The van der Waals surface area contributed by atoms with Gasteiger partial charge in [-0.2, -0.15) is 0 Å². The zero-order valence-corrected chi connectivity index (χ0v) is 14.6. The lowest BCUT2D eigenvalue weighted by atomic mass is 10.1. The van der Waals surface area contributed by atoms with Gasteiger partial charge in [0.1, 0.15) is 0 Å². The zero-order valence-electron chi connectivity index (χ0n) is 14.6. The molecule has 0 saturated heterocycles. The Morgan fingerprint density at radius 2 is 1.36 bits per heavy atom. The minimum absolute atomic E-state index is 1.18. The van der Waals surface area contributed by atoms with Gasteiger partial charge >= 0.3 is 0 Å². The number of hydrogen-bond donors (Lipinski definition) is 0. The first-order chi connectivity index (χ1) is 10.8. The van der Waals surface area contributed by atoms with Crippen molar-refractivity contribution in [2.45, 2.75) is 84.6 Å². The fourth-order valence-electron chi connectivity index (χ4n) is 3.40. The van der Waals surface area contributed by atoms with E-state index in [1.54, 1.807) is 0 Å². The maximum atomic E-state index is 2.49. The molecule has 0 unspecified atom stereocenters. The Balaban J connectivity index is 1.59. The van der Waals surface area contributed by atoms with Gasteiger partial charge in [0.25, 0.3) is 0 Å². The smallest absolute Gasteiger partial charge is 0.0482 e. The van der Waals surface area contributed by atoms with Crippen LogP contribution in [0.25, 0.3) is 10.9 Å². The predicted octanol–water partition coefficient (Wildman–Crippen LogP) is 6.87. The summed E-state index contributed by atoms with van der Waals surface area (Å²) in [5, 5.41) is 1.38. The van der Waals surface area contributed by atoms with Gasteiger partial charge in [0.05, 0.1) is 0 Å². The lowest BCUT2D eigenvalue weighted by molar-refractivity contribution is 0.536. The summed E-state index contributed by atoms with van der Waals surface area (Å²) >= 11 is 0. The van der Waals surface area contributed by atoms with Crippen LogP contribution in [0.1, 0.15) is 76.8 Å². The van der Waals surface area contributed by atoms with Crippen LogP contribution in [0.15, 0.2) is 30.3 Å². The summed E-state index contributed by atoms with van der Waals surface area (Å²) in [6, 6.07) is 11.1. The molecule has 0 fully saturated rings. The third kappa shape index (κ3) is 5.19.